The maximum absolute atomic E-state index is 12.2. The van der Waals surface area contributed by atoms with Gasteiger partial charge in [-0.3, -0.25) is 4.72 Å². The first-order valence-electron chi connectivity index (χ1n) is 5.40. The number of hydrogen-bond donors (Lipinski definition) is 1. The van der Waals surface area contributed by atoms with Crippen LogP contribution in [-0.2, 0) is 10.0 Å². The zero-order valence-corrected chi connectivity index (χ0v) is 14.3. The Hall–Kier alpha value is -1.12. The third-order valence-electron chi connectivity index (χ3n) is 2.41. The number of benzene rings is 1. The monoisotopic (exact) mass is 420 g/mol. The zero-order valence-electron chi connectivity index (χ0n) is 10.3. The van der Waals surface area contributed by atoms with Gasteiger partial charge >= 0.3 is 0 Å². The van der Waals surface area contributed by atoms with Crippen molar-refractivity contribution in [2.75, 3.05) is 11.8 Å². The summed E-state index contributed by atoms with van der Waals surface area (Å²) in [4.78, 5) is 4.09. The number of methoxy groups -OCH3 is 1. The van der Waals surface area contributed by atoms with Gasteiger partial charge in [0, 0.05) is 0 Å². The first-order valence-corrected chi connectivity index (χ1v) is 8.47. The number of halogens is 2. The van der Waals surface area contributed by atoms with E-state index >= 15 is 0 Å². The molecule has 0 saturated carbocycles. The molecule has 0 bridgehead atoms. The van der Waals surface area contributed by atoms with Gasteiger partial charge in [-0.05, 0) is 62.2 Å². The van der Waals surface area contributed by atoms with Crippen molar-refractivity contribution in [2.45, 2.75) is 4.90 Å². The number of ether oxygens (including phenoxy) is 1. The van der Waals surface area contributed by atoms with Gasteiger partial charge in [-0.15, -0.1) is 0 Å². The predicted molar refractivity (Wildman–Crippen MR) is 83.4 cm³/mol. The molecule has 0 saturated heterocycles. The number of nitrogens with zero attached hydrogens (tertiary/aromatic N) is 1. The molecule has 0 radical (unpaired) electrons. The fourth-order valence-corrected chi connectivity index (χ4v) is 3.46. The highest BCUT2D eigenvalue weighted by molar-refractivity contribution is 9.10. The van der Waals surface area contributed by atoms with E-state index in [0.717, 1.165) is 0 Å². The van der Waals surface area contributed by atoms with Gasteiger partial charge in [0.2, 0.25) is 0 Å². The second-order valence-electron chi connectivity index (χ2n) is 3.77. The first kappa shape index (κ1) is 15.3. The maximum Gasteiger partial charge on any atom is 0.261 e. The fourth-order valence-electron chi connectivity index (χ4n) is 1.46. The molecule has 1 aromatic heterocycles. The van der Waals surface area contributed by atoms with Crippen LogP contribution in [0.1, 0.15) is 0 Å². The Balaban J connectivity index is 2.30. The van der Waals surface area contributed by atoms with E-state index in [1.807, 2.05) is 0 Å². The Bertz CT molecular complexity index is 718. The molecule has 0 aliphatic rings. The molecule has 8 heteroatoms. The Morgan fingerprint density at radius 1 is 1.20 bits per heavy atom. The van der Waals surface area contributed by atoms with Crippen LogP contribution in [0.4, 0.5) is 5.69 Å². The molecule has 5 nitrogen and oxygen atoms in total. The van der Waals surface area contributed by atoms with Crippen LogP contribution in [0.15, 0.2) is 50.5 Å². The van der Waals surface area contributed by atoms with Crippen LogP contribution in [-0.4, -0.2) is 20.5 Å². The van der Waals surface area contributed by atoms with Crippen molar-refractivity contribution in [2.24, 2.45) is 0 Å². The molecule has 2 rings (SSSR count). The van der Waals surface area contributed by atoms with E-state index in [1.165, 1.54) is 25.4 Å². The quantitative estimate of drug-likeness (QED) is 0.768. The molecule has 0 aliphatic heterocycles. The van der Waals surface area contributed by atoms with E-state index in [1.54, 1.807) is 18.2 Å². The van der Waals surface area contributed by atoms with Gasteiger partial charge in [-0.2, -0.15) is 0 Å². The van der Waals surface area contributed by atoms with Crippen molar-refractivity contribution >= 4 is 47.6 Å². The summed E-state index contributed by atoms with van der Waals surface area (Å²) in [7, 11) is -2.15. The lowest BCUT2D eigenvalue weighted by molar-refractivity contribution is 0.411. The highest BCUT2D eigenvalue weighted by Crippen LogP contribution is 2.28. The van der Waals surface area contributed by atoms with E-state index in [2.05, 4.69) is 41.6 Å². The van der Waals surface area contributed by atoms with Crippen LogP contribution in [0.3, 0.4) is 0 Å². The summed E-state index contributed by atoms with van der Waals surface area (Å²) in [5, 5.41) is 0. The first-order chi connectivity index (χ1) is 9.42. The van der Waals surface area contributed by atoms with Gasteiger partial charge < -0.3 is 4.74 Å². The third kappa shape index (κ3) is 3.50. The van der Waals surface area contributed by atoms with E-state index in [-0.39, 0.29) is 4.90 Å². The van der Waals surface area contributed by atoms with Gasteiger partial charge in [-0.1, -0.05) is 0 Å². The molecule has 1 N–H and O–H groups in total. The summed E-state index contributed by atoms with van der Waals surface area (Å²) in [6.07, 6.45) is 1.43. The molecule has 0 fully saturated rings. The minimum atomic E-state index is -3.66. The van der Waals surface area contributed by atoms with E-state index in [4.69, 9.17) is 4.74 Å². The van der Waals surface area contributed by atoms with E-state index in [9.17, 15) is 8.42 Å². The summed E-state index contributed by atoms with van der Waals surface area (Å²) in [5.74, 6) is 0.564. The van der Waals surface area contributed by atoms with Crippen molar-refractivity contribution in [3.05, 3.63) is 45.6 Å². The van der Waals surface area contributed by atoms with Gasteiger partial charge in [0.1, 0.15) is 10.4 Å². The Morgan fingerprint density at radius 2 is 1.95 bits per heavy atom. The topological polar surface area (TPSA) is 68.3 Å². The van der Waals surface area contributed by atoms with Crippen LogP contribution in [0.5, 0.6) is 5.75 Å². The Morgan fingerprint density at radius 3 is 2.50 bits per heavy atom. The average Bonchev–Trinajstić information content (AvgIpc) is 2.41. The summed E-state index contributed by atoms with van der Waals surface area (Å²) in [6, 6.07) is 7.80. The van der Waals surface area contributed by atoms with Crippen molar-refractivity contribution in [3.8, 4) is 5.75 Å². The highest BCUT2D eigenvalue weighted by Gasteiger charge is 2.16. The number of anilines is 1. The molecular weight excluding hydrogens is 412 g/mol. The summed E-state index contributed by atoms with van der Waals surface area (Å²) < 4.78 is 33.2. The molecule has 1 heterocycles. The molecule has 0 atom stereocenters. The molecule has 20 heavy (non-hydrogen) atoms. The molecule has 0 unspecified atom stereocenters. The van der Waals surface area contributed by atoms with Gasteiger partial charge in [0.05, 0.1) is 28.4 Å². The number of sulfonamides is 1. The van der Waals surface area contributed by atoms with Crippen LogP contribution in [0, 0.1) is 0 Å². The molecule has 1 aromatic carbocycles. The molecule has 106 valence electrons. The van der Waals surface area contributed by atoms with Crippen LogP contribution in [0.25, 0.3) is 0 Å². The second kappa shape index (κ2) is 6.11. The Kier molecular flexibility index (Phi) is 4.66. The maximum atomic E-state index is 12.2. The standard InChI is InChI=1S/C12H10Br2N2O3S/c1-19-11-4-3-9(6-10(11)13)20(17,18)16-8-2-5-12(14)15-7-8/h2-7,16H,1H3. The van der Waals surface area contributed by atoms with Crippen molar-refractivity contribution < 1.29 is 13.2 Å². The average molecular weight is 422 g/mol. The lowest BCUT2D eigenvalue weighted by Crippen LogP contribution is -2.13. The van der Waals surface area contributed by atoms with E-state index in [0.29, 0.717) is 20.5 Å². The van der Waals surface area contributed by atoms with Gasteiger partial charge in [0.15, 0.2) is 0 Å². The van der Waals surface area contributed by atoms with Crippen molar-refractivity contribution in [1.29, 1.82) is 0 Å². The fraction of sp³-hybridized carbons (Fsp3) is 0.0833. The molecule has 0 amide bonds. The number of rotatable bonds is 4. The van der Waals surface area contributed by atoms with Crippen LogP contribution in [0.2, 0.25) is 0 Å². The van der Waals surface area contributed by atoms with Gasteiger partial charge in [-0.25, -0.2) is 13.4 Å². The minimum Gasteiger partial charge on any atom is -0.496 e. The SMILES string of the molecule is COc1ccc(S(=O)(=O)Nc2ccc(Br)nc2)cc1Br. The van der Waals surface area contributed by atoms with Gasteiger partial charge in [0.25, 0.3) is 10.0 Å². The number of pyridine rings is 1. The summed E-state index contributed by atoms with van der Waals surface area (Å²) in [5.41, 5.74) is 0.389. The largest absolute Gasteiger partial charge is 0.496 e. The van der Waals surface area contributed by atoms with Crippen molar-refractivity contribution in [1.82, 2.24) is 4.98 Å². The molecule has 0 aliphatic carbocycles. The second-order valence-corrected chi connectivity index (χ2v) is 7.12. The lowest BCUT2D eigenvalue weighted by atomic mass is 10.3. The summed E-state index contributed by atoms with van der Waals surface area (Å²) in [6.45, 7) is 0. The zero-order chi connectivity index (χ0) is 14.8. The highest BCUT2D eigenvalue weighted by atomic mass is 79.9. The van der Waals surface area contributed by atoms with Crippen molar-refractivity contribution in [3.63, 3.8) is 0 Å². The molecule has 0 spiro atoms. The van der Waals surface area contributed by atoms with Crippen LogP contribution >= 0.6 is 31.9 Å². The number of nitrogens with one attached hydrogen (secondary N) is 1. The molecule has 2 aromatic rings. The number of hydrogen-bond acceptors (Lipinski definition) is 4. The van der Waals surface area contributed by atoms with E-state index < -0.39 is 10.0 Å². The Labute approximate surface area is 133 Å². The van der Waals surface area contributed by atoms with Crippen LogP contribution < -0.4 is 9.46 Å². The lowest BCUT2D eigenvalue weighted by Gasteiger charge is -2.09. The third-order valence-corrected chi connectivity index (χ3v) is 4.88. The predicted octanol–water partition coefficient (Wildman–Crippen LogP) is 3.42. The summed E-state index contributed by atoms with van der Waals surface area (Å²) >= 11 is 6.45. The smallest absolute Gasteiger partial charge is 0.261 e. The number of aromatic nitrogens is 1. The minimum absolute atomic E-state index is 0.132. The normalized spacial score (nSPS) is 11.2. The molecular formula is C12H10Br2N2O3S.